The molecule has 0 saturated heterocycles. The third kappa shape index (κ3) is 4.10. The molecule has 2 aromatic heterocycles. The lowest BCUT2D eigenvalue weighted by Gasteiger charge is -2.15. The van der Waals surface area contributed by atoms with E-state index in [1.165, 1.54) is 24.8 Å². The molecule has 11 heteroatoms. The van der Waals surface area contributed by atoms with Crippen molar-refractivity contribution in [3.63, 3.8) is 0 Å². The molecule has 0 aliphatic rings. The molecule has 0 fully saturated rings. The molecule has 0 saturated carbocycles. The molecule has 0 spiro atoms. The molecule has 9 nitrogen and oxygen atoms in total. The summed E-state index contributed by atoms with van der Waals surface area (Å²) in [5.74, 6) is -0.612. The number of hydrogen-bond acceptors (Lipinski definition) is 8. The van der Waals surface area contributed by atoms with Crippen molar-refractivity contribution >= 4 is 38.8 Å². The van der Waals surface area contributed by atoms with E-state index in [1.54, 1.807) is 26.0 Å². The van der Waals surface area contributed by atoms with Crippen LogP contribution in [0.1, 0.15) is 21.6 Å². The molecule has 1 aromatic carbocycles. The number of carbonyl (C=O) groups is 1. The predicted molar refractivity (Wildman–Crippen MR) is 105 cm³/mol. The zero-order valence-corrected chi connectivity index (χ0v) is 16.9. The Labute approximate surface area is 166 Å². The molecule has 0 bridgehead atoms. The first-order chi connectivity index (χ1) is 13.3. The number of benzene rings is 1. The largest absolute Gasteiger partial charge is 0.480 e. The lowest BCUT2D eigenvalue weighted by molar-refractivity contribution is 0.102. The van der Waals surface area contributed by atoms with Crippen molar-refractivity contribution in [2.45, 2.75) is 18.7 Å². The summed E-state index contributed by atoms with van der Waals surface area (Å²) >= 11 is 1.03. The maximum atomic E-state index is 13.0. The van der Waals surface area contributed by atoms with Gasteiger partial charge >= 0.3 is 0 Å². The monoisotopic (exact) mass is 419 g/mol. The van der Waals surface area contributed by atoms with Crippen LogP contribution in [0.25, 0.3) is 0 Å². The van der Waals surface area contributed by atoms with Gasteiger partial charge in [0.25, 0.3) is 15.9 Å². The Balaban J connectivity index is 1.96. The van der Waals surface area contributed by atoms with Gasteiger partial charge in [-0.05, 0) is 42.6 Å². The molecular formula is C17H17N5O4S2. The number of rotatable bonds is 6. The number of hydrogen-bond donors (Lipinski definition) is 2. The molecule has 2 heterocycles. The Hall–Kier alpha value is -3.05. The van der Waals surface area contributed by atoms with E-state index in [0.29, 0.717) is 5.69 Å². The highest BCUT2D eigenvalue weighted by molar-refractivity contribution is 7.92. The topological polar surface area (TPSA) is 123 Å². The lowest BCUT2D eigenvalue weighted by Crippen LogP contribution is -2.18. The minimum Gasteiger partial charge on any atom is -0.480 e. The van der Waals surface area contributed by atoms with Gasteiger partial charge in [0.1, 0.15) is 0 Å². The van der Waals surface area contributed by atoms with E-state index in [1.807, 2.05) is 6.07 Å². The second-order valence-corrected chi connectivity index (χ2v) is 8.11. The number of methoxy groups -OCH3 is 1. The number of anilines is 2. The van der Waals surface area contributed by atoms with Crippen LogP contribution >= 0.6 is 11.5 Å². The summed E-state index contributed by atoms with van der Waals surface area (Å²) in [5.41, 5.74) is 2.33. The molecule has 0 aliphatic heterocycles. The molecule has 146 valence electrons. The van der Waals surface area contributed by atoms with Crippen LogP contribution in [-0.4, -0.2) is 36.0 Å². The molecular weight excluding hydrogens is 402 g/mol. The summed E-state index contributed by atoms with van der Waals surface area (Å²) in [7, 11) is -2.71. The number of aromatic nitrogens is 3. The van der Waals surface area contributed by atoms with Crippen LogP contribution in [0.4, 0.5) is 11.4 Å². The number of ether oxygens (including phenoxy) is 1. The third-order valence-corrected chi connectivity index (χ3v) is 5.72. The van der Waals surface area contributed by atoms with Crippen LogP contribution in [0.2, 0.25) is 0 Å². The lowest BCUT2D eigenvalue weighted by atomic mass is 10.1. The van der Waals surface area contributed by atoms with Crippen LogP contribution in [0.5, 0.6) is 5.88 Å². The fourth-order valence-corrected chi connectivity index (χ4v) is 4.25. The SMILES string of the molecule is COc1ncc(NC(=O)c2csnn2)cc1S(=O)(=O)Nc1c(C)cccc1C. The van der Waals surface area contributed by atoms with Gasteiger partial charge in [-0.1, -0.05) is 22.7 Å². The molecule has 2 N–H and O–H groups in total. The molecule has 3 aromatic rings. The Bertz CT molecular complexity index is 1090. The number of carbonyl (C=O) groups excluding carboxylic acids is 1. The van der Waals surface area contributed by atoms with Gasteiger partial charge in [0.2, 0.25) is 5.88 Å². The average molecular weight is 419 g/mol. The average Bonchev–Trinajstić information content (AvgIpc) is 3.20. The van der Waals surface area contributed by atoms with Gasteiger partial charge in [0.15, 0.2) is 10.6 Å². The van der Waals surface area contributed by atoms with Crippen molar-refractivity contribution in [3.8, 4) is 5.88 Å². The third-order valence-electron chi connectivity index (χ3n) is 3.87. The van der Waals surface area contributed by atoms with Crippen LogP contribution in [0, 0.1) is 13.8 Å². The van der Waals surface area contributed by atoms with Gasteiger partial charge < -0.3 is 10.1 Å². The first-order valence-corrected chi connectivity index (χ1v) is 10.4. The van der Waals surface area contributed by atoms with Gasteiger partial charge in [-0.2, -0.15) is 0 Å². The highest BCUT2D eigenvalue weighted by Crippen LogP contribution is 2.29. The quantitative estimate of drug-likeness (QED) is 0.629. The van der Waals surface area contributed by atoms with Gasteiger partial charge in [-0.15, -0.1) is 5.10 Å². The summed E-state index contributed by atoms with van der Waals surface area (Å²) in [6.07, 6.45) is 1.30. The van der Waals surface area contributed by atoms with E-state index >= 15 is 0 Å². The number of amides is 1. The first-order valence-electron chi connectivity index (χ1n) is 8.03. The van der Waals surface area contributed by atoms with Crippen molar-refractivity contribution in [3.05, 3.63) is 52.7 Å². The molecule has 0 aliphatic carbocycles. The fraction of sp³-hybridized carbons (Fsp3) is 0.176. The molecule has 0 atom stereocenters. The second kappa shape index (κ2) is 7.90. The summed E-state index contributed by atoms with van der Waals surface area (Å²) in [6, 6.07) is 6.73. The first kappa shape index (κ1) is 19.7. The van der Waals surface area contributed by atoms with E-state index in [4.69, 9.17) is 4.74 Å². The minimum absolute atomic E-state index is 0.0907. The number of sulfonamides is 1. The standard InChI is InChI=1S/C17H17N5O4S2/c1-10-5-4-6-11(2)15(10)21-28(24,25)14-7-12(8-18-17(14)26-3)19-16(23)13-9-27-22-20-13/h4-9,21H,1-3H3,(H,19,23). The summed E-state index contributed by atoms with van der Waals surface area (Å²) in [5, 5.41) is 7.70. The fourth-order valence-electron chi connectivity index (χ4n) is 2.47. The van der Waals surface area contributed by atoms with Crippen molar-refractivity contribution in [2.24, 2.45) is 0 Å². The zero-order chi connectivity index (χ0) is 20.3. The van der Waals surface area contributed by atoms with E-state index in [2.05, 4.69) is 24.6 Å². The van der Waals surface area contributed by atoms with Gasteiger partial charge in [0, 0.05) is 5.38 Å². The smallest absolute Gasteiger partial charge is 0.277 e. The Morgan fingerprint density at radius 1 is 1.21 bits per heavy atom. The Kier molecular flexibility index (Phi) is 5.56. The number of para-hydroxylation sites is 1. The maximum Gasteiger partial charge on any atom is 0.277 e. The van der Waals surface area contributed by atoms with Crippen molar-refractivity contribution < 1.29 is 17.9 Å². The van der Waals surface area contributed by atoms with Crippen LogP contribution in [-0.2, 0) is 10.0 Å². The molecule has 0 radical (unpaired) electrons. The summed E-state index contributed by atoms with van der Waals surface area (Å²) < 4.78 is 37.3. The highest BCUT2D eigenvalue weighted by atomic mass is 32.2. The second-order valence-electron chi connectivity index (χ2n) is 5.85. The highest BCUT2D eigenvalue weighted by Gasteiger charge is 2.23. The van der Waals surface area contributed by atoms with Gasteiger partial charge in [-0.25, -0.2) is 13.4 Å². The van der Waals surface area contributed by atoms with Gasteiger partial charge in [0.05, 0.1) is 24.7 Å². The Morgan fingerprint density at radius 2 is 1.93 bits per heavy atom. The number of nitrogens with zero attached hydrogens (tertiary/aromatic N) is 3. The Morgan fingerprint density at radius 3 is 2.54 bits per heavy atom. The molecule has 0 unspecified atom stereocenters. The van der Waals surface area contributed by atoms with Crippen molar-refractivity contribution in [2.75, 3.05) is 17.1 Å². The van der Waals surface area contributed by atoms with Gasteiger partial charge in [-0.3, -0.25) is 9.52 Å². The number of pyridine rings is 1. The zero-order valence-electron chi connectivity index (χ0n) is 15.3. The van der Waals surface area contributed by atoms with E-state index in [9.17, 15) is 13.2 Å². The normalized spacial score (nSPS) is 11.1. The summed E-state index contributed by atoms with van der Waals surface area (Å²) in [6.45, 7) is 3.61. The van der Waals surface area contributed by atoms with Crippen LogP contribution in [0.3, 0.4) is 0 Å². The molecule has 3 rings (SSSR count). The number of nitrogens with one attached hydrogen (secondary N) is 2. The van der Waals surface area contributed by atoms with Crippen LogP contribution in [0.15, 0.2) is 40.7 Å². The predicted octanol–water partition coefficient (Wildman–Crippen LogP) is 2.61. The van der Waals surface area contributed by atoms with E-state index < -0.39 is 15.9 Å². The molecule has 1 amide bonds. The molecule has 28 heavy (non-hydrogen) atoms. The van der Waals surface area contributed by atoms with E-state index in [-0.39, 0.29) is 22.2 Å². The maximum absolute atomic E-state index is 13.0. The number of aryl methyl sites for hydroxylation is 2. The van der Waals surface area contributed by atoms with Crippen LogP contribution < -0.4 is 14.8 Å². The van der Waals surface area contributed by atoms with E-state index in [0.717, 1.165) is 22.7 Å². The van der Waals surface area contributed by atoms with Crippen molar-refractivity contribution in [1.82, 2.24) is 14.6 Å². The summed E-state index contributed by atoms with van der Waals surface area (Å²) in [4.78, 5) is 15.9. The van der Waals surface area contributed by atoms with Crippen molar-refractivity contribution in [1.29, 1.82) is 0 Å². The minimum atomic E-state index is -4.03.